The number of aliphatic hydroxyl groups is 1. The Kier molecular flexibility index (Phi) is 3.20. The number of aliphatic hydroxyl groups excluding tert-OH is 1. The number of halogens is 1. The number of nitrogens with zero attached hydrogens (tertiary/aromatic N) is 2. The number of aromatic nitrogens is 2. The molecule has 1 aromatic rings. The fourth-order valence-corrected chi connectivity index (χ4v) is 2.12. The molecule has 1 N–H and O–H groups in total. The predicted molar refractivity (Wildman–Crippen MR) is 54.7 cm³/mol. The largest absolute Gasteiger partial charge is 0.390 e. The van der Waals surface area contributed by atoms with Crippen molar-refractivity contribution in [1.82, 2.24) is 9.78 Å². The molecule has 1 aromatic heterocycles. The minimum absolute atomic E-state index is 0.00153. The van der Waals surface area contributed by atoms with E-state index in [1.54, 1.807) is 4.68 Å². The van der Waals surface area contributed by atoms with Crippen molar-refractivity contribution in [2.45, 2.75) is 32.1 Å². The van der Waals surface area contributed by atoms with Crippen LogP contribution in [0.25, 0.3) is 0 Å². The zero-order valence-electron chi connectivity index (χ0n) is 7.82. The third-order valence-corrected chi connectivity index (χ3v) is 2.76. The second kappa shape index (κ2) is 4.42. The summed E-state index contributed by atoms with van der Waals surface area (Å²) in [6.07, 6.45) is 3.25. The lowest BCUT2D eigenvalue weighted by Crippen LogP contribution is -2.20. The first-order valence-electron chi connectivity index (χ1n) is 4.77. The van der Waals surface area contributed by atoms with Crippen LogP contribution in [0.2, 0.25) is 0 Å². The minimum atomic E-state index is -0.00259. The van der Waals surface area contributed by atoms with Crippen LogP contribution in [0, 0.1) is 0 Å². The first-order valence-corrected chi connectivity index (χ1v) is 5.57. The topological polar surface area (TPSA) is 47.3 Å². The summed E-state index contributed by atoms with van der Waals surface area (Å²) < 4.78 is 8.10. The van der Waals surface area contributed by atoms with Crippen LogP contribution in [0.1, 0.15) is 31.2 Å². The van der Waals surface area contributed by atoms with E-state index in [9.17, 15) is 0 Å². The van der Waals surface area contributed by atoms with Crippen molar-refractivity contribution in [1.29, 1.82) is 0 Å². The summed E-state index contributed by atoms with van der Waals surface area (Å²) >= 11 is 3.29. The molecule has 0 radical (unpaired) electrons. The summed E-state index contributed by atoms with van der Waals surface area (Å²) in [6.45, 7) is 0.783. The van der Waals surface area contributed by atoms with Crippen molar-refractivity contribution in [2.24, 2.45) is 0 Å². The number of rotatable bonds is 2. The molecule has 1 aliphatic heterocycles. The molecule has 2 rings (SSSR count). The molecule has 1 aliphatic rings. The molecule has 0 bridgehead atoms. The molecule has 1 unspecified atom stereocenters. The molecule has 1 fully saturated rings. The van der Waals surface area contributed by atoms with Crippen molar-refractivity contribution in [3.63, 3.8) is 0 Å². The molecule has 1 saturated heterocycles. The van der Waals surface area contributed by atoms with Gasteiger partial charge < -0.3 is 9.84 Å². The molecule has 5 heteroatoms. The van der Waals surface area contributed by atoms with Gasteiger partial charge in [-0.1, -0.05) is 0 Å². The monoisotopic (exact) mass is 260 g/mol. The Labute approximate surface area is 91.0 Å². The van der Waals surface area contributed by atoms with Gasteiger partial charge in [0.15, 0.2) is 6.23 Å². The molecular formula is C9H13BrN2O2. The van der Waals surface area contributed by atoms with Gasteiger partial charge in [-0.3, -0.25) is 0 Å². The fraction of sp³-hybridized carbons (Fsp3) is 0.667. The van der Waals surface area contributed by atoms with Gasteiger partial charge >= 0.3 is 0 Å². The van der Waals surface area contributed by atoms with Crippen LogP contribution in [0.15, 0.2) is 10.7 Å². The third-order valence-electron chi connectivity index (χ3n) is 2.37. The standard InChI is InChI=1S/C9H13BrN2O2/c10-8-5-7(6-13)12(11-8)9-3-1-2-4-14-9/h5,9,13H,1-4,6H2. The van der Waals surface area contributed by atoms with Gasteiger partial charge in [-0.15, -0.1) is 0 Å². The molecular weight excluding hydrogens is 248 g/mol. The SMILES string of the molecule is OCc1cc(Br)nn1C1CCCCO1. The lowest BCUT2D eigenvalue weighted by atomic mass is 10.2. The summed E-state index contributed by atoms with van der Waals surface area (Å²) in [7, 11) is 0. The molecule has 0 saturated carbocycles. The second-order valence-corrected chi connectivity index (χ2v) is 4.19. The van der Waals surface area contributed by atoms with E-state index < -0.39 is 0 Å². The summed E-state index contributed by atoms with van der Waals surface area (Å²) in [5.74, 6) is 0. The lowest BCUT2D eigenvalue weighted by Gasteiger charge is -2.24. The van der Waals surface area contributed by atoms with Gasteiger partial charge in [-0.05, 0) is 41.3 Å². The van der Waals surface area contributed by atoms with Gasteiger partial charge in [-0.25, -0.2) is 4.68 Å². The maximum absolute atomic E-state index is 9.13. The van der Waals surface area contributed by atoms with Crippen molar-refractivity contribution in [3.8, 4) is 0 Å². The molecule has 2 heterocycles. The maximum atomic E-state index is 9.13. The first-order chi connectivity index (χ1) is 6.81. The van der Waals surface area contributed by atoms with Crippen LogP contribution in [-0.2, 0) is 11.3 Å². The number of hydrogen-bond acceptors (Lipinski definition) is 3. The molecule has 0 spiro atoms. The zero-order chi connectivity index (χ0) is 9.97. The summed E-state index contributed by atoms with van der Waals surface area (Å²) in [5.41, 5.74) is 0.795. The molecule has 1 atom stereocenters. The van der Waals surface area contributed by atoms with Crippen LogP contribution in [0.3, 0.4) is 0 Å². The van der Waals surface area contributed by atoms with E-state index in [1.807, 2.05) is 6.07 Å². The Hall–Kier alpha value is -0.390. The van der Waals surface area contributed by atoms with Crippen molar-refractivity contribution < 1.29 is 9.84 Å². The third kappa shape index (κ3) is 1.99. The van der Waals surface area contributed by atoms with Crippen LogP contribution >= 0.6 is 15.9 Å². The lowest BCUT2D eigenvalue weighted by molar-refractivity contribution is -0.0428. The highest BCUT2D eigenvalue weighted by atomic mass is 79.9. The number of ether oxygens (including phenoxy) is 1. The Morgan fingerprint density at radius 3 is 3.14 bits per heavy atom. The van der Waals surface area contributed by atoms with E-state index in [0.717, 1.165) is 36.2 Å². The number of hydrogen-bond donors (Lipinski definition) is 1. The highest BCUT2D eigenvalue weighted by Crippen LogP contribution is 2.24. The molecule has 0 amide bonds. The Balaban J connectivity index is 2.20. The van der Waals surface area contributed by atoms with E-state index in [2.05, 4.69) is 21.0 Å². The summed E-state index contributed by atoms with van der Waals surface area (Å²) in [4.78, 5) is 0. The Morgan fingerprint density at radius 1 is 1.64 bits per heavy atom. The highest BCUT2D eigenvalue weighted by molar-refractivity contribution is 9.10. The van der Waals surface area contributed by atoms with E-state index in [0.29, 0.717) is 0 Å². The summed E-state index contributed by atoms with van der Waals surface area (Å²) in [6, 6.07) is 1.82. The van der Waals surface area contributed by atoms with Crippen LogP contribution < -0.4 is 0 Å². The van der Waals surface area contributed by atoms with Gasteiger partial charge in [0.05, 0.1) is 12.3 Å². The van der Waals surface area contributed by atoms with Crippen molar-refractivity contribution in [3.05, 3.63) is 16.4 Å². The molecule has 4 nitrogen and oxygen atoms in total. The van der Waals surface area contributed by atoms with E-state index in [1.165, 1.54) is 0 Å². The van der Waals surface area contributed by atoms with Crippen molar-refractivity contribution >= 4 is 15.9 Å². The molecule has 0 aliphatic carbocycles. The Bertz CT molecular complexity index is 308. The van der Waals surface area contributed by atoms with Gasteiger partial charge in [0, 0.05) is 6.61 Å². The zero-order valence-corrected chi connectivity index (χ0v) is 9.40. The van der Waals surface area contributed by atoms with Gasteiger partial charge in [0.1, 0.15) is 4.60 Å². The molecule has 14 heavy (non-hydrogen) atoms. The van der Waals surface area contributed by atoms with E-state index in [4.69, 9.17) is 9.84 Å². The molecule has 0 aromatic carbocycles. The fourth-order valence-electron chi connectivity index (χ4n) is 1.68. The van der Waals surface area contributed by atoms with Gasteiger partial charge in [0.2, 0.25) is 0 Å². The quantitative estimate of drug-likeness (QED) is 0.883. The van der Waals surface area contributed by atoms with Crippen LogP contribution in [-0.4, -0.2) is 21.5 Å². The van der Waals surface area contributed by atoms with Crippen LogP contribution in [0.5, 0.6) is 0 Å². The maximum Gasteiger partial charge on any atom is 0.150 e. The normalized spacial score (nSPS) is 22.6. The van der Waals surface area contributed by atoms with Crippen molar-refractivity contribution in [2.75, 3.05) is 6.61 Å². The van der Waals surface area contributed by atoms with E-state index >= 15 is 0 Å². The Morgan fingerprint density at radius 2 is 2.50 bits per heavy atom. The van der Waals surface area contributed by atoms with Crippen LogP contribution in [0.4, 0.5) is 0 Å². The smallest absolute Gasteiger partial charge is 0.150 e. The second-order valence-electron chi connectivity index (χ2n) is 3.38. The minimum Gasteiger partial charge on any atom is -0.390 e. The predicted octanol–water partition coefficient (Wildman–Crippen LogP) is 1.84. The average molecular weight is 261 g/mol. The molecule has 78 valence electrons. The van der Waals surface area contributed by atoms with Gasteiger partial charge in [0.25, 0.3) is 0 Å². The van der Waals surface area contributed by atoms with Gasteiger partial charge in [-0.2, -0.15) is 5.10 Å². The van der Waals surface area contributed by atoms with E-state index in [-0.39, 0.29) is 12.8 Å². The first kappa shape index (κ1) is 10.1. The summed E-state index contributed by atoms with van der Waals surface area (Å²) in [5, 5.41) is 13.4. The highest BCUT2D eigenvalue weighted by Gasteiger charge is 2.19. The average Bonchev–Trinajstić information content (AvgIpc) is 2.61.